The van der Waals surface area contributed by atoms with Gasteiger partial charge in [0, 0.05) is 18.5 Å². The Morgan fingerprint density at radius 3 is 2.97 bits per heavy atom. The van der Waals surface area contributed by atoms with Gasteiger partial charge in [-0.1, -0.05) is 6.07 Å². The number of rotatable bonds is 6. The molecule has 4 heterocycles. The topological polar surface area (TPSA) is 75.4 Å². The smallest absolute Gasteiger partial charge is 0.280 e. The zero-order valence-electron chi connectivity index (χ0n) is 16.7. The summed E-state index contributed by atoms with van der Waals surface area (Å²) >= 11 is 1.76. The average Bonchev–Trinajstić information content (AvgIpc) is 3.48. The van der Waals surface area contributed by atoms with Crippen LogP contribution in [-0.2, 0) is 11.3 Å². The number of thiophene rings is 1. The van der Waals surface area contributed by atoms with Crippen LogP contribution in [0, 0.1) is 25.2 Å². The minimum Gasteiger partial charge on any atom is -0.467 e. The summed E-state index contributed by atoms with van der Waals surface area (Å²) < 4.78 is 7.44. The highest BCUT2D eigenvalue weighted by atomic mass is 32.1. The van der Waals surface area contributed by atoms with Crippen molar-refractivity contribution >= 4 is 23.1 Å². The molecule has 0 saturated carbocycles. The van der Waals surface area contributed by atoms with Gasteiger partial charge in [0.25, 0.3) is 5.91 Å². The predicted molar refractivity (Wildman–Crippen MR) is 112 cm³/mol. The van der Waals surface area contributed by atoms with E-state index in [1.807, 2.05) is 30.5 Å². The number of carbonyl (C=O) groups is 1. The Kier molecular flexibility index (Phi) is 5.56. The summed E-state index contributed by atoms with van der Waals surface area (Å²) in [6, 6.07) is 10.6. The first-order chi connectivity index (χ1) is 14.1. The van der Waals surface area contributed by atoms with Crippen LogP contribution < -0.4 is 10.2 Å². The molecule has 0 bridgehead atoms. The molecule has 1 fully saturated rings. The SMILES string of the molecule is Cc1c(C#N)c(NC(=O)C[NH+]2CCC[C@@H]2c2cccs2)n(Cc2ccco2)c1C. The standard InChI is InChI=1S/C22H24N4O2S/c1-15-16(2)26(13-17-6-4-10-28-17)22(18(15)12-23)24-21(27)14-25-9-3-7-19(25)20-8-5-11-29-20/h4-6,8,10-11,19H,3,7,9,13-14H2,1-2H3,(H,24,27)/p+1/t19-/m1/s1. The number of likely N-dealkylation sites (tertiary alicyclic amines) is 1. The molecule has 29 heavy (non-hydrogen) atoms. The van der Waals surface area contributed by atoms with E-state index in [4.69, 9.17) is 4.42 Å². The van der Waals surface area contributed by atoms with Crippen molar-refractivity contribution in [3.63, 3.8) is 0 Å². The van der Waals surface area contributed by atoms with Gasteiger partial charge in [0.15, 0.2) is 6.54 Å². The summed E-state index contributed by atoms with van der Waals surface area (Å²) in [7, 11) is 0. The van der Waals surface area contributed by atoms with Crippen molar-refractivity contribution in [2.45, 2.75) is 39.3 Å². The zero-order chi connectivity index (χ0) is 20.4. The molecule has 1 aliphatic heterocycles. The number of anilines is 1. The van der Waals surface area contributed by atoms with Gasteiger partial charge in [-0.15, -0.1) is 11.3 Å². The maximum absolute atomic E-state index is 13.0. The molecule has 3 aromatic heterocycles. The van der Waals surface area contributed by atoms with E-state index in [9.17, 15) is 10.1 Å². The van der Waals surface area contributed by atoms with Gasteiger partial charge in [-0.25, -0.2) is 0 Å². The second kappa shape index (κ2) is 8.27. The van der Waals surface area contributed by atoms with E-state index in [-0.39, 0.29) is 5.91 Å². The van der Waals surface area contributed by atoms with E-state index in [0.717, 1.165) is 36.4 Å². The minimum atomic E-state index is -0.0573. The first-order valence-electron chi connectivity index (χ1n) is 9.88. The number of nitrogens with one attached hydrogen (secondary N) is 2. The van der Waals surface area contributed by atoms with Gasteiger partial charge in [-0.3, -0.25) is 4.79 Å². The molecule has 0 radical (unpaired) electrons. The summed E-state index contributed by atoms with van der Waals surface area (Å²) in [6.07, 6.45) is 3.87. The van der Waals surface area contributed by atoms with Crippen LogP contribution in [-0.4, -0.2) is 23.6 Å². The first kappa shape index (κ1) is 19.5. The highest BCUT2D eigenvalue weighted by Gasteiger charge is 2.32. The lowest BCUT2D eigenvalue weighted by Gasteiger charge is -2.20. The van der Waals surface area contributed by atoms with Crippen LogP contribution in [0.25, 0.3) is 0 Å². The summed E-state index contributed by atoms with van der Waals surface area (Å²) in [5.74, 6) is 1.29. The van der Waals surface area contributed by atoms with E-state index in [2.05, 4.69) is 28.9 Å². The minimum absolute atomic E-state index is 0.0573. The molecule has 6 nitrogen and oxygen atoms in total. The van der Waals surface area contributed by atoms with Crippen molar-refractivity contribution in [1.29, 1.82) is 5.26 Å². The van der Waals surface area contributed by atoms with Gasteiger partial charge in [-0.05, 0) is 43.0 Å². The van der Waals surface area contributed by atoms with E-state index in [1.54, 1.807) is 17.6 Å². The second-order valence-electron chi connectivity index (χ2n) is 7.55. The molecule has 2 atom stereocenters. The van der Waals surface area contributed by atoms with Crippen LogP contribution in [0.4, 0.5) is 5.82 Å². The van der Waals surface area contributed by atoms with Crippen LogP contribution in [0.5, 0.6) is 0 Å². The van der Waals surface area contributed by atoms with E-state index in [0.29, 0.717) is 30.5 Å². The molecule has 7 heteroatoms. The van der Waals surface area contributed by atoms with Gasteiger partial charge in [0.05, 0.1) is 29.8 Å². The second-order valence-corrected chi connectivity index (χ2v) is 8.53. The third kappa shape index (κ3) is 3.86. The molecule has 1 saturated heterocycles. The third-order valence-electron chi connectivity index (χ3n) is 5.85. The Morgan fingerprint density at radius 1 is 1.41 bits per heavy atom. The Morgan fingerprint density at radius 2 is 2.28 bits per heavy atom. The van der Waals surface area contributed by atoms with Crippen molar-refractivity contribution in [2.75, 3.05) is 18.4 Å². The maximum atomic E-state index is 13.0. The number of quaternary nitrogens is 1. The largest absolute Gasteiger partial charge is 0.467 e. The number of carbonyl (C=O) groups excluding carboxylic acids is 1. The maximum Gasteiger partial charge on any atom is 0.280 e. The number of furan rings is 1. The van der Waals surface area contributed by atoms with Crippen LogP contribution in [0.2, 0.25) is 0 Å². The van der Waals surface area contributed by atoms with E-state index < -0.39 is 0 Å². The molecule has 1 amide bonds. The lowest BCUT2D eigenvalue weighted by atomic mass is 10.2. The number of nitrogens with zero attached hydrogens (tertiary/aromatic N) is 2. The zero-order valence-corrected chi connectivity index (χ0v) is 17.5. The van der Waals surface area contributed by atoms with Crippen LogP contribution >= 0.6 is 11.3 Å². The number of hydrogen-bond acceptors (Lipinski definition) is 4. The van der Waals surface area contributed by atoms with Crippen molar-refractivity contribution in [1.82, 2.24) is 4.57 Å². The molecule has 0 spiro atoms. The summed E-state index contributed by atoms with van der Waals surface area (Å²) in [4.78, 5) is 15.6. The number of nitriles is 1. The lowest BCUT2D eigenvalue weighted by molar-refractivity contribution is -0.910. The van der Waals surface area contributed by atoms with Crippen molar-refractivity contribution in [2.24, 2.45) is 0 Å². The Labute approximate surface area is 174 Å². The summed E-state index contributed by atoms with van der Waals surface area (Å²) in [6.45, 7) is 5.75. The Bertz CT molecular complexity index is 1030. The molecular weight excluding hydrogens is 384 g/mol. The number of amides is 1. The van der Waals surface area contributed by atoms with Crippen LogP contribution in [0.15, 0.2) is 40.3 Å². The fraction of sp³-hybridized carbons (Fsp3) is 0.364. The van der Waals surface area contributed by atoms with Crippen LogP contribution in [0.3, 0.4) is 0 Å². The van der Waals surface area contributed by atoms with Crippen molar-refractivity contribution in [3.05, 3.63) is 63.4 Å². The molecule has 0 aliphatic carbocycles. The van der Waals surface area contributed by atoms with E-state index >= 15 is 0 Å². The van der Waals surface area contributed by atoms with Gasteiger partial charge in [-0.2, -0.15) is 5.26 Å². The molecular formula is C22H25N4O2S+. The highest BCUT2D eigenvalue weighted by molar-refractivity contribution is 7.10. The fourth-order valence-electron chi connectivity index (χ4n) is 4.23. The average molecular weight is 410 g/mol. The first-order valence-corrected chi connectivity index (χ1v) is 10.8. The Balaban J connectivity index is 1.54. The summed E-state index contributed by atoms with van der Waals surface area (Å²) in [5.41, 5.74) is 2.37. The molecule has 150 valence electrons. The Hall–Kier alpha value is -2.82. The lowest BCUT2D eigenvalue weighted by Crippen LogP contribution is -3.11. The number of hydrogen-bond donors (Lipinski definition) is 2. The molecule has 1 unspecified atom stereocenters. The third-order valence-corrected chi connectivity index (χ3v) is 6.84. The summed E-state index contributed by atoms with van der Waals surface area (Å²) in [5, 5.41) is 14.8. The quantitative estimate of drug-likeness (QED) is 0.657. The molecule has 1 aliphatic rings. The van der Waals surface area contributed by atoms with E-state index in [1.165, 1.54) is 9.78 Å². The molecule has 2 N–H and O–H groups in total. The number of aromatic nitrogens is 1. The monoisotopic (exact) mass is 409 g/mol. The normalized spacial score (nSPS) is 18.7. The van der Waals surface area contributed by atoms with Gasteiger partial charge in [0.2, 0.25) is 0 Å². The van der Waals surface area contributed by atoms with Crippen molar-refractivity contribution < 1.29 is 14.1 Å². The van der Waals surface area contributed by atoms with Crippen molar-refractivity contribution in [3.8, 4) is 6.07 Å². The highest BCUT2D eigenvalue weighted by Crippen LogP contribution is 2.27. The van der Waals surface area contributed by atoms with Crippen LogP contribution in [0.1, 0.15) is 46.3 Å². The fourth-order valence-corrected chi connectivity index (χ4v) is 5.15. The predicted octanol–water partition coefficient (Wildman–Crippen LogP) is 3.04. The molecule has 0 aromatic carbocycles. The molecule has 3 aromatic rings. The molecule has 4 rings (SSSR count). The van der Waals surface area contributed by atoms with Gasteiger partial charge >= 0.3 is 0 Å². The van der Waals surface area contributed by atoms with Gasteiger partial charge in [0.1, 0.15) is 23.7 Å². The van der Waals surface area contributed by atoms with Gasteiger partial charge < -0.3 is 19.2 Å².